The summed E-state index contributed by atoms with van der Waals surface area (Å²) in [6.45, 7) is 1.56. The first-order valence-corrected chi connectivity index (χ1v) is 19.1. The molecule has 0 fully saturated rings. The van der Waals surface area contributed by atoms with E-state index in [2.05, 4.69) is 59.2 Å². The lowest BCUT2D eigenvalue weighted by Crippen LogP contribution is -2.60. The first kappa shape index (κ1) is 44.3. The molecule has 20 heteroatoms. The Balaban J connectivity index is 1.63. The van der Waals surface area contributed by atoms with Gasteiger partial charge in [-0.25, -0.2) is 9.78 Å². The minimum absolute atomic E-state index is 0.00434. The fourth-order valence-electron chi connectivity index (χ4n) is 5.96. The number of carbonyl (C=O) groups excluding carboxylic acids is 5. The Morgan fingerprint density at radius 3 is 1.93 bits per heavy atom. The van der Waals surface area contributed by atoms with Crippen molar-refractivity contribution in [1.29, 1.82) is 0 Å². The highest BCUT2D eigenvalue weighted by Crippen LogP contribution is 2.19. The van der Waals surface area contributed by atoms with Gasteiger partial charge < -0.3 is 58.9 Å². The maximum absolute atomic E-state index is 14.2. The van der Waals surface area contributed by atoms with E-state index in [1.54, 1.807) is 36.5 Å². The van der Waals surface area contributed by atoms with Crippen molar-refractivity contribution < 1.29 is 33.9 Å². The zero-order valence-electron chi connectivity index (χ0n) is 31.8. The number of nitrogens with one attached hydrogen (secondary N) is 7. The molecule has 0 aliphatic carbocycles. The van der Waals surface area contributed by atoms with Gasteiger partial charge in [-0.1, -0.05) is 48.5 Å². The van der Waals surface area contributed by atoms with Crippen LogP contribution in [0, 0.1) is 0 Å². The van der Waals surface area contributed by atoms with Crippen molar-refractivity contribution in [1.82, 2.24) is 41.5 Å². The summed E-state index contributed by atoms with van der Waals surface area (Å²) < 4.78 is 0. The zero-order chi connectivity index (χ0) is 42.2. The number of hydrogen-bond donors (Lipinski definition) is 12. The molecule has 310 valence electrons. The monoisotopic (exact) mass is 818 g/mol. The van der Waals surface area contributed by atoms with Gasteiger partial charge in [-0.2, -0.15) is 12.6 Å². The Morgan fingerprint density at radius 1 is 0.759 bits per heavy atom. The number of amides is 5. The van der Waals surface area contributed by atoms with E-state index in [0.717, 1.165) is 10.9 Å². The molecule has 14 N–H and O–H groups in total. The number of aromatic nitrogens is 3. The molecule has 0 bridgehead atoms. The Hall–Kier alpha value is -6.41. The average Bonchev–Trinajstić information content (AvgIpc) is 3.87. The molecule has 0 aliphatic rings. The number of thiol groups is 1. The van der Waals surface area contributed by atoms with Gasteiger partial charge in [-0.3, -0.25) is 29.0 Å². The van der Waals surface area contributed by atoms with Crippen LogP contribution in [0.2, 0.25) is 0 Å². The number of para-hydroxylation sites is 1. The normalized spacial score (nSPS) is 14.1. The average molecular weight is 819 g/mol. The summed E-state index contributed by atoms with van der Waals surface area (Å²) in [6.07, 6.45) is 4.73. The lowest BCUT2D eigenvalue weighted by atomic mass is 10.0. The molecule has 0 radical (unpaired) electrons. The maximum atomic E-state index is 14.2. The molecule has 2 aromatic carbocycles. The molecule has 4 rings (SSSR count). The molecule has 4 aromatic rings. The smallest absolute Gasteiger partial charge is 0.327 e. The summed E-state index contributed by atoms with van der Waals surface area (Å²) in [7, 11) is 0. The fraction of sp³-hybridized carbons (Fsp3) is 0.368. The van der Waals surface area contributed by atoms with Crippen LogP contribution in [0.25, 0.3) is 10.9 Å². The predicted molar refractivity (Wildman–Crippen MR) is 219 cm³/mol. The van der Waals surface area contributed by atoms with Gasteiger partial charge in [0.05, 0.1) is 12.4 Å². The summed E-state index contributed by atoms with van der Waals surface area (Å²) in [5.41, 5.74) is 19.4. The van der Waals surface area contributed by atoms with Gasteiger partial charge in [0.1, 0.15) is 30.2 Å². The quantitative estimate of drug-likeness (QED) is 0.0193. The van der Waals surface area contributed by atoms with Crippen LogP contribution in [0.5, 0.6) is 0 Å². The number of H-pyrrole nitrogens is 2. The van der Waals surface area contributed by atoms with Crippen LogP contribution < -0.4 is 43.8 Å². The highest BCUT2D eigenvalue weighted by Gasteiger charge is 2.33. The molecule has 0 spiro atoms. The third kappa shape index (κ3) is 13.4. The summed E-state index contributed by atoms with van der Waals surface area (Å²) in [4.78, 5) is 94.4. The third-order valence-corrected chi connectivity index (χ3v) is 9.41. The van der Waals surface area contributed by atoms with Gasteiger partial charge in [0, 0.05) is 60.6 Å². The van der Waals surface area contributed by atoms with E-state index in [4.69, 9.17) is 17.2 Å². The number of aliphatic imine (C=N–C) groups is 1. The maximum Gasteiger partial charge on any atom is 0.327 e. The van der Waals surface area contributed by atoms with Crippen molar-refractivity contribution >= 4 is 65.0 Å². The lowest BCUT2D eigenvalue weighted by Gasteiger charge is -2.27. The number of imidazole rings is 1. The largest absolute Gasteiger partial charge is 0.480 e. The number of benzene rings is 2. The Kier molecular flexibility index (Phi) is 16.6. The van der Waals surface area contributed by atoms with E-state index in [9.17, 15) is 33.9 Å². The molecule has 0 saturated carbocycles. The topological polar surface area (TPSA) is 318 Å². The number of nitrogens with zero attached hydrogens (tertiary/aromatic N) is 2. The molecular weight excluding hydrogens is 769 g/mol. The summed E-state index contributed by atoms with van der Waals surface area (Å²) in [6, 6.07) is 8.82. The highest BCUT2D eigenvalue weighted by atomic mass is 32.1. The van der Waals surface area contributed by atoms with Crippen molar-refractivity contribution in [2.75, 3.05) is 12.3 Å². The van der Waals surface area contributed by atoms with Crippen LogP contribution in [0.3, 0.4) is 0 Å². The molecule has 0 saturated heterocycles. The van der Waals surface area contributed by atoms with Crippen molar-refractivity contribution in [3.05, 3.63) is 90.1 Å². The van der Waals surface area contributed by atoms with Crippen LogP contribution in [-0.4, -0.2) is 110 Å². The number of carboxylic acid groups (broad SMARTS) is 1. The fourth-order valence-corrected chi connectivity index (χ4v) is 6.21. The molecule has 19 nitrogen and oxygen atoms in total. The van der Waals surface area contributed by atoms with Gasteiger partial charge in [-0.05, 0) is 37.0 Å². The Bertz CT molecular complexity index is 2040. The highest BCUT2D eigenvalue weighted by molar-refractivity contribution is 7.80. The SMILES string of the molecule is C[C@H](N)C(=O)N[C@@H](Cc1cnc[nH]1)C(=O)N[C@H](Cc1ccccc1)C(=O)N[C@@H](CCCN=C(N)N)C(=O)N[C@@H](Cc1c[nH]c2ccccc12)C(=O)N[C@@H](CS)C(=O)O. The van der Waals surface area contributed by atoms with Crippen LogP contribution in [0.15, 0.2) is 78.3 Å². The number of rotatable bonds is 22. The number of hydrogen-bond acceptors (Lipinski definition) is 10. The van der Waals surface area contributed by atoms with E-state index in [1.165, 1.54) is 19.4 Å². The molecule has 5 amide bonds. The molecule has 58 heavy (non-hydrogen) atoms. The summed E-state index contributed by atoms with van der Waals surface area (Å²) >= 11 is 4.05. The Labute approximate surface area is 339 Å². The van der Waals surface area contributed by atoms with Crippen molar-refractivity contribution in [2.45, 2.75) is 75.3 Å². The Morgan fingerprint density at radius 2 is 1.33 bits per heavy atom. The van der Waals surface area contributed by atoms with Crippen LogP contribution >= 0.6 is 12.6 Å². The van der Waals surface area contributed by atoms with Crippen LogP contribution in [0.4, 0.5) is 0 Å². The second-order valence-corrected chi connectivity index (χ2v) is 14.0. The minimum atomic E-state index is -1.36. The van der Waals surface area contributed by atoms with Gasteiger partial charge in [0.25, 0.3) is 0 Å². The standard InChI is InChI=1S/C38H50N12O7S/c1-21(39)32(51)47-30(16-24-18-42-20-45-24)36(55)48-28(14-22-8-3-2-4-9-22)34(53)46-27(12-7-13-43-38(40)41)33(52)49-29(35(54)50-31(19-58)37(56)57)15-23-17-44-26-11-6-5-10-25(23)26/h2-6,8-11,17-18,20-21,27-31,44,58H,7,12-16,19,39H2,1H3,(H,42,45)(H,46,53)(H,47,51)(H,48,55)(H,49,52)(H,50,54)(H,56,57)(H4,40,41,43)/t21-,27-,28+,29-,30-,31-/m0/s1. The van der Waals surface area contributed by atoms with Crippen molar-refractivity contribution in [3.8, 4) is 0 Å². The van der Waals surface area contributed by atoms with E-state index >= 15 is 0 Å². The lowest BCUT2D eigenvalue weighted by molar-refractivity contribution is -0.141. The first-order valence-electron chi connectivity index (χ1n) is 18.5. The van der Waals surface area contributed by atoms with Crippen molar-refractivity contribution in [3.63, 3.8) is 0 Å². The van der Waals surface area contributed by atoms with Crippen LogP contribution in [-0.2, 0) is 48.0 Å². The summed E-state index contributed by atoms with van der Waals surface area (Å²) in [5.74, 6) is -5.34. The van der Waals surface area contributed by atoms with Gasteiger partial charge >= 0.3 is 5.97 Å². The third-order valence-electron chi connectivity index (χ3n) is 9.05. The molecule has 0 aliphatic heterocycles. The number of carboxylic acids is 1. The van der Waals surface area contributed by atoms with E-state index in [0.29, 0.717) is 16.8 Å². The zero-order valence-corrected chi connectivity index (χ0v) is 32.7. The second kappa shape index (κ2) is 21.8. The van der Waals surface area contributed by atoms with Gasteiger partial charge in [0.2, 0.25) is 29.5 Å². The molecule has 2 heterocycles. The molecule has 6 atom stereocenters. The number of nitrogens with two attached hydrogens (primary N) is 3. The number of aliphatic carboxylic acids is 1. The second-order valence-electron chi connectivity index (χ2n) is 13.6. The first-order chi connectivity index (χ1) is 27.7. The molecular formula is C38H50N12O7S. The van der Waals surface area contributed by atoms with Crippen molar-refractivity contribution in [2.24, 2.45) is 22.2 Å². The van der Waals surface area contributed by atoms with E-state index < -0.39 is 71.8 Å². The van der Waals surface area contributed by atoms with E-state index in [1.807, 2.05) is 24.3 Å². The number of aromatic amines is 2. The summed E-state index contributed by atoms with van der Waals surface area (Å²) in [5, 5.41) is 23.6. The van der Waals surface area contributed by atoms with Crippen LogP contribution in [0.1, 0.15) is 36.6 Å². The number of guanidine groups is 1. The molecule has 2 aromatic heterocycles. The van der Waals surface area contributed by atoms with Gasteiger partial charge in [-0.15, -0.1) is 0 Å². The number of fused-ring (bicyclic) bond motifs is 1. The van der Waals surface area contributed by atoms with Gasteiger partial charge in [0.15, 0.2) is 5.96 Å². The number of carbonyl (C=O) groups is 6. The predicted octanol–water partition coefficient (Wildman–Crippen LogP) is -1.24. The van der Waals surface area contributed by atoms with E-state index in [-0.39, 0.29) is 50.4 Å². The molecule has 0 unspecified atom stereocenters. The minimum Gasteiger partial charge on any atom is -0.480 e.